The summed E-state index contributed by atoms with van der Waals surface area (Å²) in [5.41, 5.74) is 3.05. The summed E-state index contributed by atoms with van der Waals surface area (Å²) in [4.78, 5) is 2.94. The van der Waals surface area contributed by atoms with E-state index >= 15 is 0 Å². The molecule has 6 aromatic rings. The maximum atomic E-state index is 3.54. The van der Waals surface area contributed by atoms with E-state index in [0.29, 0.717) is 10.5 Å². The van der Waals surface area contributed by atoms with Crippen molar-refractivity contribution in [2.45, 2.75) is 20.3 Å². The summed E-state index contributed by atoms with van der Waals surface area (Å²) in [5.74, 6) is 0. The molecule has 164 valence electrons. The topological polar surface area (TPSA) is 0 Å². The van der Waals surface area contributed by atoms with Crippen molar-refractivity contribution in [3.8, 4) is 0 Å². The maximum Gasteiger partial charge on any atom is 0.0542 e. The molecular formula is C28H20BrS4-. The second kappa shape index (κ2) is 8.17. The highest BCUT2D eigenvalue weighted by atomic mass is 79.9. The highest BCUT2D eigenvalue weighted by Crippen LogP contribution is 2.66. The molecule has 0 amide bonds. The predicted octanol–water partition coefficient (Wildman–Crippen LogP) is 11.1. The third-order valence-corrected chi connectivity index (χ3v) is 12.2. The summed E-state index contributed by atoms with van der Waals surface area (Å²) in [7, 11) is 0. The number of rotatable bonds is 0. The number of thiophene rings is 2. The van der Waals surface area contributed by atoms with E-state index < -0.39 is 0 Å². The molecule has 0 radical (unpaired) electrons. The van der Waals surface area contributed by atoms with Crippen LogP contribution >= 0.6 is 62.1 Å². The van der Waals surface area contributed by atoms with E-state index in [0.717, 1.165) is 4.47 Å². The molecule has 0 fully saturated rings. The van der Waals surface area contributed by atoms with Crippen LogP contribution in [0.25, 0.3) is 29.6 Å². The minimum Gasteiger partial charge on any atom is -1.00 e. The molecule has 0 saturated carbocycles. The molecule has 5 heteroatoms. The smallest absolute Gasteiger partial charge is 0.0542 e. The Morgan fingerprint density at radius 2 is 1.15 bits per heavy atom. The Labute approximate surface area is 220 Å². The summed E-state index contributed by atoms with van der Waals surface area (Å²) in [6, 6.07) is 32.9. The van der Waals surface area contributed by atoms with Gasteiger partial charge in [0.2, 0.25) is 0 Å². The Bertz CT molecular complexity index is 1620. The van der Waals surface area contributed by atoms with Crippen LogP contribution in [0.15, 0.2) is 105 Å². The molecule has 2 unspecified atom stereocenters. The van der Waals surface area contributed by atoms with Gasteiger partial charge in [0.25, 0.3) is 0 Å². The lowest BCUT2D eigenvalue weighted by atomic mass is 10.0. The van der Waals surface area contributed by atoms with Crippen molar-refractivity contribution in [2.75, 3.05) is 0 Å². The lowest BCUT2D eigenvalue weighted by Crippen LogP contribution is -1.90. The normalized spacial score (nSPS) is 18.2. The summed E-state index contributed by atoms with van der Waals surface area (Å²) >= 11 is 11.4. The Hall–Kier alpha value is -1.76. The van der Waals surface area contributed by atoms with Crippen LogP contribution in [0.2, 0.25) is 0 Å². The highest BCUT2D eigenvalue weighted by Gasteiger charge is 2.40. The fourth-order valence-corrected chi connectivity index (χ4v) is 11.1. The van der Waals surface area contributed by atoms with Crippen molar-refractivity contribution in [3.05, 3.63) is 107 Å². The molecule has 8 rings (SSSR count). The van der Waals surface area contributed by atoms with Gasteiger partial charge in [-0.1, -0.05) is 76.6 Å². The molecular weight excluding hydrogens is 544 g/mol. The van der Waals surface area contributed by atoms with Gasteiger partial charge < -0.3 is 1.43 Å². The van der Waals surface area contributed by atoms with Gasteiger partial charge in [0.1, 0.15) is 0 Å². The van der Waals surface area contributed by atoms with Gasteiger partial charge in [-0.3, -0.25) is 0 Å². The van der Waals surface area contributed by atoms with Gasteiger partial charge in [-0.15, -0.1) is 46.2 Å². The Morgan fingerprint density at radius 1 is 0.606 bits per heavy atom. The molecule has 0 spiro atoms. The van der Waals surface area contributed by atoms with E-state index in [-0.39, 0.29) is 2.85 Å². The van der Waals surface area contributed by atoms with Crippen LogP contribution in [0, 0.1) is 0 Å². The summed E-state index contributed by atoms with van der Waals surface area (Å²) in [5, 5.41) is 4.05. The molecule has 0 aliphatic carbocycles. The van der Waals surface area contributed by atoms with Crippen molar-refractivity contribution in [2.24, 2.45) is 0 Å². The minimum absolute atomic E-state index is 0. The van der Waals surface area contributed by atoms with E-state index in [9.17, 15) is 0 Å². The first-order chi connectivity index (χ1) is 16.3. The molecule has 0 bridgehead atoms. The Balaban J connectivity index is 0.000000137. The van der Waals surface area contributed by atoms with Crippen LogP contribution in [0.1, 0.15) is 24.5 Å². The molecule has 0 saturated heterocycles. The zero-order valence-corrected chi connectivity index (χ0v) is 22.2. The second-order valence-corrected chi connectivity index (χ2v) is 13.5. The van der Waals surface area contributed by atoms with Crippen LogP contribution < -0.4 is 0 Å². The van der Waals surface area contributed by atoms with Gasteiger partial charge in [0.05, 0.1) is 19.9 Å². The quantitative estimate of drug-likeness (QED) is 0.179. The zero-order valence-electron chi connectivity index (χ0n) is 18.3. The summed E-state index contributed by atoms with van der Waals surface area (Å²) in [6.07, 6.45) is 0. The fourth-order valence-electron chi connectivity index (χ4n) is 4.67. The average molecular weight is 567 g/mol. The van der Waals surface area contributed by atoms with Crippen LogP contribution in [0.4, 0.5) is 0 Å². The van der Waals surface area contributed by atoms with Crippen molar-refractivity contribution in [1.82, 2.24) is 0 Å². The molecule has 4 aromatic carbocycles. The number of thioether (sulfide) groups is 2. The molecule has 2 aliphatic rings. The largest absolute Gasteiger partial charge is 1.00 e. The van der Waals surface area contributed by atoms with Crippen LogP contribution in [-0.4, -0.2) is 0 Å². The number of hydrogen-bond acceptors (Lipinski definition) is 4. The monoisotopic (exact) mass is 565 g/mol. The fraction of sp³-hybridized carbons (Fsp3) is 0.0714. The Kier molecular flexibility index (Phi) is 5.10. The van der Waals surface area contributed by atoms with Gasteiger partial charge in [0, 0.05) is 35.9 Å². The molecule has 2 aromatic heterocycles. The first-order valence-corrected chi connectivity index (χ1v) is 15.0. The maximum absolute atomic E-state index is 3.54. The van der Waals surface area contributed by atoms with E-state index in [2.05, 4.69) is 107 Å². The first kappa shape index (κ1) is 20.6. The lowest BCUT2D eigenvalue weighted by Gasteiger charge is -2.07. The summed E-state index contributed by atoms with van der Waals surface area (Å²) in [6.45, 7) is 0. The van der Waals surface area contributed by atoms with E-state index in [1.54, 1.807) is 0 Å². The van der Waals surface area contributed by atoms with Crippen LogP contribution in [-0.2, 0) is 0 Å². The highest BCUT2D eigenvalue weighted by molar-refractivity contribution is 9.10. The van der Waals surface area contributed by atoms with Crippen molar-refractivity contribution >= 4 is 91.7 Å². The van der Waals surface area contributed by atoms with Crippen molar-refractivity contribution in [3.63, 3.8) is 0 Å². The molecule has 0 N–H and O–H groups in total. The van der Waals surface area contributed by atoms with Gasteiger partial charge in [-0.05, 0) is 41.5 Å². The molecule has 33 heavy (non-hydrogen) atoms. The minimum atomic E-state index is 0. The van der Waals surface area contributed by atoms with Gasteiger partial charge in [-0.2, -0.15) is 0 Å². The van der Waals surface area contributed by atoms with Crippen molar-refractivity contribution in [1.29, 1.82) is 0 Å². The average Bonchev–Trinajstić information content (AvgIpc) is 3.57. The van der Waals surface area contributed by atoms with Crippen LogP contribution in [0.3, 0.4) is 0 Å². The second-order valence-electron chi connectivity index (χ2n) is 8.15. The Morgan fingerprint density at radius 3 is 1.85 bits per heavy atom. The lowest BCUT2D eigenvalue weighted by molar-refractivity contribution is 0.939. The molecule has 2 atom stereocenters. The number of hydrogen-bond donors (Lipinski definition) is 0. The molecule has 4 heterocycles. The number of fused-ring (bicyclic) bond motifs is 10. The molecule has 0 nitrogen and oxygen atoms in total. The van der Waals surface area contributed by atoms with Crippen LogP contribution in [0.5, 0.6) is 0 Å². The summed E-state index contributed by atoms with van der Waals surface area (Å²) < 4.78 is 6.77. The zero-order chi connectivity index (χ0) is 21.9. The first-order valence-electron chi connectivity index (χ1n) is 10.8. The predicted molar refractivity (Wildman–Crippen MR) is 156 cm³/mol. The van der Waals surface area contributed by atoms with Gasteiger partial charge in [-0.25, -0.2) is 0 Å². The molecule has 2 aliphatic heterocycles. The van der Waals surface area contributed by atoms with Gasteiger partial charge in [0.15, 0.2) is 0 Å². The van der Waals surface area contributed by atoms with Crippen molar-refractivity contribution < 1.29 is 2.85 Å². The number of halogens is 1. The van der Waals surface area contributed by atoms with E-state index in [4.69, 9.17) is 0 Å². The van der Waals surface area contributed by atoms with Gasteiger partial charge >= 0.3 is 0 Å². The SMILES string of the molecule is Brc1ccc2c(c1)sc1c3ccccc3sc21.[2H-].[2HH].c1ccc2c(c1)SC1c3ccccc3SC21. The third-order valence-electron chi connectivity index (χ3n) is 6.18. The van der Waals surface area contributed by atoms with E-state index in [1.807, 2.05) is 46.2 Å². The number of benzene rings is 4. The standard InChI is InChI=1S/C14H7BrS2.C14H10S2.H2.H/c15-8-5-6-10-12(7-8)17-13-9-3-1-2-4-11(9)16-14(10)13;1-3-7-11-9(5-1)13-14(15-11)10-6-2-4-8-12(10)16-13;;/h1-7H;1-8,13-14H;1H;/q;;;-1/i;;2*1+1. The van der Waals surface area contributed by atoms with E-state index in [1.165, 1.54) is 50.5 Å². The third kappa shape index (κ3) is 3.40.